The second-order valence-corrected chi connectivity index (χ2v) is 1.83. The Morgan fingerprint density at radius 2 is 2.20 bits per heavy atom. The molecule has 0 aliphatic heterocycles. The lowest BCUT2D eigenvalue weighted by Gasteiger charge is -1.98. The molecule has 0 amide bonds. The molecule has 0 aromatic carbocycles. The van der Waals surface area contributed by atoms with Gasteiger partial charge in [-0.05, 0) is 6.92 Å². The van der Waals surface area contributed by atoms with Gasteiger partial charge >= 0.3 is 5.97 Å². The molecule has 4 heteroatoms. The van der Waals surface area contributed by atoms with Crippen LogP contribution in [-0.2, 0) is 9.53 Å². The highest BCUT2D eigenvalue weighted by Gasteiger charge is 2.00. The number of hydrogen-bond acceptors (Lipinski definition) is 3. The number of hydrogen-bond donors (Lipinski definition) is 2. The average molecular weight is 144 g/mol. The number of esters is 1. The summed E-state index contributed by atoms with van der Waals surface area (Å²) < 4.78 is 4.60. The number of rotatable bonds is 4. The van der Waals surface area contributed by atoms with Crippen LogP contribution in [0.3, 0.4) is 0 Å². The fourth-order valence-electron chi connectivity index (χ4n) is 0.470. The van der Waals surface area contributed by atoms with Crippen molar-refractivity contribution in [3.8, 4) is 0 Å². The van der Waals surface area contributed by atoms with E-state index in [-0.39, 0.29) is 18.2 Å². The Morgan fingerprint density at radius 1 is 1.60 bits per heavy atom. The zero-order valence-corrected chi connectivity index (χ0v) is 6.02. The predicted octanol–water partition coefficient (Wildman–Crippen LogP) is 0.266. The second kappa shape index (κ2) is 4.78. The predicted molar refractivity (Wildman–Crippen MR) is 37.8 cm³/mol. The maximum Gasteiger partial charge on any atom is 0.306 e. The first kappa shape index (κ1) is 8.94. The molecule has 0 heterocycles. The second-order valence-electron chi connectivity index (χ2n) is 1.83. The highest BCUT2D eigenvalue weighted by Crippen LogP contribution is 1.90. The smallest absolute Gasteiger partial charge is 0.306 e. The Labute approximate surface area is 59.9 Å². The lowest BCUT2D eigenvalue weighted by atomic mass is 10.3. The molecule has 0 aliphatic carbocycles. The first-order valence-corrected chi connectivity index (χ1v) is 3.15. The molecule has 0 atom stereocenters. The highest BCUT2D eigenvalue weighted by atomic mass is 16.5. The molecule has 0 bridgehead atoms. The molecule has 0 aromatic rings. The molecule has 0 unspecified atom stereocenters. The minimum Gasteiger partial charge on any atom is -0.466 e. The topological polar surface area (TPSA) is 76.2 Å². The number of amidine groups is 1. The minimum absolute atomic E-state index is 0.0213. The molecule has 0 aromatic heterocycles. The van der Waals surface area contributed by atoms with E-state index in [2.05, 4.69) is 4.74 Å². The van der Waals surface area contributed by atoms with E-state index in [0.717, 1.165) is 0 Å². The van der Waals surface area contributed by atoms with Gasteiger partial charge in [0.15, 0.2) is 0 Å². The molecular formula is C6H12N2O2. The van der Waals surface area contributed by atoms with Gasteiger partial charge in [0, 0.05) is 6.42 Å². The number of ether oxygens (including phenoxy) is 1. The average Bonchev–Trinajstić information content (AvgIpc) is 1.85. The van der Waals surface area contributed by atoms with E-state index in [4.69, 9.17) is 11.1 Å². The van der Waals surface area contributed by atoms with Crippen LogP contribution in [0.25, 0.3) is 0 Å². The quantitative estimate of drug-likeness (QED) is 0.337. The molecule has 0 radical (unpaired) electrons. The lowest BCUT2D eigenvalue weighted by Crippen LogP contribution is -2.13. The maximum atomic E-state index is 10.6. The van der Waals surface area contributed by atoms with Gasteiger partial charge in [0.1, 0.15) is 0 Å². The normalized spacial score (nSPS) is 8.90. The van der Waals surface area contributed by atoms with Crippen LogP contribution in [-0.4, -0.2) is 18.4 Å². The molecule has 0 rings (SSSR count). The Kier molecular flexibility index (Phi) is 4.28. The van der Waals surface area contributed by atoms with Crippen molar-refractivity contribution in [2.75, 3.05) is 6.61 Å². The van der Waals surface area contributed by atoms with Crippen molar-refractivity contribution in [3.63, 3.8) is 0 Å². The van der Waals surface area contributed by atoms with Gasteiger partial charge in [-0.3, -0.25) is 10.2 Å². The molecular weight excluding hydrogens is 132 g/mol. The molecule has 0 aliphatic rings. The van der Waals surface area contributed by atoms with Crippen LogP contribution in [0.1, 0.15) is 19.8 Å². The van der Waals surface area contributed by atoms with E-state index < -0.39 is 0 Å². The van der Waals surface area contributed by atoms with Gasteiger partial charge in [-0.15, -0.1) is 0 Å². The summed E-state index contributed by atoms with van der Waals surface area (Å²) in [5, 5.41) is 6.79. The molecule has 0 spiro atoms. The van der Waals surface area contributed by atoms with E-state index in [9.17, 15) is 4.79 Å². The van der Waals surface area contributed by atoms with E-state index >= 15 is 0 Å². The van der Waals surface area contributed by atoms with Crippen molar-refractivity contribution in [3.05, 3.63) is 0 Å². The Hall–Kier alpha value is -1.06. The third-order valence-electron chi connectivity index (χ3n) is 0.904. The van der Waals surface area contributed by atoms with E-state index in [1.54, 1.807) is 6.92 Å². The van der Waals surface area contributed by atoms with Crippen LogP contribution >= 0.6 is 0 Å². The summed E-state index contributed by atoms with van der Waals surface area (Å²) in [5.41, 5.74) is 5.01. The Morgan fingerprint density at radius 3 is 2.60 bits per heavy atom. The summed E-state index contributed by atoms with van der Waals surface area (Å²) in [5.74, 6) is -0.272. The van der Waals surface area contributed by atoms with Crippen molar-refractivity contribution in [2.24, 2.45) is 5.73 Å². The molecule has 3 N–H and O–H groups in total. The largest absolute Gasteiger partial charge is 0.466 e. The number of carbonyl (C=O) groups excluding carboxylic acids is 1. The van der Waals surface area contributed by atoms with E-state index in [1.807, 2.05) is 0 Å². The zero-order valence-electron chi connectivity index (χ0n) is 6.02. The summed E-state index contributed by atoms with van der Waals surface area (Å²) in [6.45, 7) is 2.13. The van der Waals surface area contributed by atoms with Gasteiger partial charge in [0.05, 0.1) is 18.9 Å². The fraction of sp³-hybridized carbons (Fsp3) is 0.667. The number of nitrogens with two attached hydrogens (primary N) is 1. The van der Waals surface area contributed by atoms with Crippen LogP contribution in [0.2, 0.25) is 0 Å². The van der Waals surface area contributed by atoms with Crippen molar-refractivity contribution in [1.29, 1.82) is 5.41 Å². The molecule has 10 heavy (non-hydrogen) atoms. The van der Waals surface area contributed by atoms with Crippen LogP contribution in [0, 0.1) is 5.41 Å². The first-order valence-electron chi connectivity index (χ1n) is 3.15. The summed E-state index contributed by atoms with van der Waals surface area (Å²) in [4.78, 5) is 10.6. The molecule has 4 nitrogen and oxygen atoms in total. The summed E-state index contributed by atoms with van der Waals surface area (Å²) >= 11 is 0. The molecule has 0 fully saturated rings. The molecule has 0 saturated heterocycles. The molecule has 58 valence electrons. The van der Waals surface area contributed by atoms with E-state index in [0.29, 0.717) is 13.0 Å². The maximum absolute atomic E-state index is 10.6. The van der Waals surface area contributed by atoms with Crippen molar-refractivity contribution in [1.82, 2.24) is 0 Å². The third kappa shape index (κ3) is 5.08. The standard InChI is InChI=1S/C6H12N2O2/c1-2-10-6(9)4-3-5(7)8/h2-4H2,1H3,(H3,7,8). The highest BCUT2D eigenvalue weighted by molar-refractivity contribution is 5.81. The van der Waals surface area contributed by atoms with Gasteiger partial charge in [0.25, 0.3) is 0 Å². The SMILES string of the molecule is CCOC(=O)CCC(=N)N. The van der Waals surface area contributed by atoms with Gasteiger partial charge in [0.2, 0.25) is 0 Å². The first-order chi connectivity index (χ1) is 4.66. The summed E-state index contributed by atoms with van der Waals surface area (Å²) in [7, 11) is 0. The van der Waals surface area contributed by atoms with Crippen molar-refractivity contribution >= 4 is 11.8 Å². The monoisotopic (exact) mass is 144 g/mol. The van der Waals surface area contributed by atoms with Crippen LogP contribution in [0.5, 0.6) is 0 Å². The van der Waals surface area contributed by atoms with Gasteiger partial charge in [-0.25, -0.2) is 0 Å². The number of nitrogens with one attached hydrogen (secondary N) is 1. The van der Waals surface area contributed by atoms with Crippen LogP contribution in [0.4, 0.5) is 0 Å². The number of carbonyl (C=O) groups is 1. The Bertz CT molecular complexity index is 134. The fourth-order valence-corrected chi connectivity index (χ4v) is 0.470. The lowest BCUT2D eigenvalue weighted by molar-refractivity contribution is -0.142. The Balaban J connectivity index is 3.30. The zero-order chi connectivity index (χ0) is 7.98. The minimum atomic E-state index is -0.294. The molecule has 0 saturated carbocycles. The van der Waals surface area contributed by atoms with Gasteiger partial charge < -0.3 is 10.5 Å². The van der Waals surface area contributed by atoms with Crippen LogP contribution in [0.15, 0.2) is 0 Å². The third-order valence-corrected chi connectivity index (χ3v) is 0.904. The summed E-state index contributed by atoms with van der Waals surface area (Å²) in [6.07, 6.45) is 0.502. The van der Waals surface area contributed by atoms with Crippen molar-refractivity contribution < 1.29 is 9.53 Å². The van der Waals surface area contributed by atoms with Crippen molar-refractivity contribution in [2.45, 2.75) is 19.8 Å². The van der Waals surface area contributed by atoms with E-state index in [1.165, 1.54) is 0 Å². The van der Waals surface area contributed by atoms with Gasteiger partial charge in [-0.1, -0.05) is 0 Å². The van der Waals surface area contributed by atoms with Crippen LogP contribution < -0.4 is 5.73 Å². The summed E-state index contributed by atoms with van der Waals surface area (Å²) in [6, 6.07) is 0. The van der Waals surface area contributed by atoms with Gasteiger partial charge in [-0.2, -0.15) is 0 Å².